The van der Waals surface area contributed by atoms with Gasteiger partial charge >= 0.3 is 0 Å². The third-order valence-corrected chi connectivity index (χ3v) is 5.28. The van der Waals surface area contributed by atoms with Crippen molar-refractivity contribution in [1.82, 2.24) is 9.55 Å². The molecule has 0 bridgehead atoms. The molecule has 0 unspecified atom stereocenters. The molecule has 0 spiro atoms. The van der Waals surface area contributed by atoms with E-state index in [1.54, 1.807) is 10.9 Å². The first-order chi connectivity index (χ1) is 13.3. The van der Waals surface area contributed by atoms with Gasteiger partial charge in [0, 0.05) is 10.9 Å². The fourth-order valence-electron chi connectivity index (χ4n) is 3.02. The topological polar surface area (TPSA) is 44.1 Å². The number of rotatable bonds is 6. The van der Waals surface area contributed by atoms with E-state index in [9.17, 15) is 4.79 Å². The second-order valence-electron chi connectivity index (χ2n) is 6.37. The van der Waals surface area contributed by atoms with Crippen molar-refractivity contribution < 1.29 is 4.74 Å². The molecule has 0 saturated heterocycles. The van der Waals surface area contributed by atoms with Crippen LogP contribution in [0.15, 0.2) is 71.1 Å². The second kappa shape index (κ2) is 7.76. The summed E-state index contributed by atoms with van der Waals surface area (Å²) in [6.45, 7) is 3.30. The molecule has 0 fully saturated rings. The fraction of sp³-hybridized carbons (Fsp3) is 0.182. The van der Waals surface area contributed by atoms with Gasteiger partial charge in [0.15, 0.2) is 0 Å². The predicted molar refractivity (Wildman–Crippen MR) is 111 cm³/mol. The van der Waals surface area contributed by atoms with Crippen LogP contribution >= 0.6 is 11.3 Å². The van der Waals surface area contributed by atoms with E-state index in [0.717, 1.165) is 33.7 Å². The standard InChI is InChI=1S/C22H20N2O2S/c1-2-12-26-18-10-8-17(9-11-18)19-14-27-21-20(19)22(25)24(15-23-21)13-16-6-4-3-5-7-16/h3-11,14-15H,2,12-13H2,1H3. The summed E-state index contributed by atoms with van der Waals surface area (Å²) < 4.78 is 7.32. The Morgan fingerprint density at radius 1 is 1.07 bits per heavy atom. The van der Waals surface area contributed by atoms with Gasteiger partial charge in [-0.2, -0.15) is 0 Å². The quantitative estimate of drug-likeness (QED) is 0.478. The molecule has 0 aliphatic carbocycles. The van der Waals surface area contributed by atoms with Crippen molar-refractivity contribution in [3.63, 3.8) is 0 Å². The van der Waals surface area contributed by atoms with Gasteiger partial charge in [-0.3, -0.25) is 9.36 Å². The molecule has 0 radical (unpaired) electrons. The van der Waals surface area contributed by atoms with Crippen LogP contribution < -0.4 is 10.3 Å². The summed E-state index contributed by atoms with van der Waals surface area (Å²) in [5, 5.41) is 2.69. The first-order valence-corrected chi connectivity index (χ1v) is 9.88. The van der Waals surface area contributed by atoms with E-state index in [1.165, 1.54) is 11.3 Å². The zero-order valence-electron chi connectivity index (χ0n) is 15.1. The van der Waals surface area contributed by atoms with Crippen molar-refractivity contribution in [3.8, 4) is 16.9 Å². The van der Waals surface area contributed by atoms with Gasteiger partial charge in [0.25, 0.3) is 5.56 Å². The van der Waals surface area contributed by atoms with E-state index in [-0.39, 0.29) is 5.56 Å². The summed E-state index contributed by atoms with van der Waals surface area (Å²) in [6.07, 6.45) is 2.61. The van der Waals surface area contributed by atoms with Crippen molar-refractivity contribution in [2.75, 3.05) is 6.61 Å². The molecule has 27 heavy (non-hydrogen) atoms. The number of ether oxygens (including phenoxy) is 1. The van der Waals surface area contributed by atoms with Crippen molar-refractivity contribution in [2.24, 2.45) is 0 Å². The molecule has 0 aliphatic heterocycles. The zero-order valence-corrected chi connectivity index (χ0v) is 15.9. The summed E-state index contributed by atoms with van der Waals surface area (Å²) >= 11 is 1.50. The van der Waals surface area contributed by atoms with Gasteiger partial charge in [-0.1, -0.05) is 49.4 Å². The van der Waals surface area contributed by atoms with Crippen LogP contribution in [0, 0.1) is 0 Å². The van der Waals surface area contributed by atoms with E-state index < -0.39 is 0 Å². The highest BCUT2D eigenvalue weighted by Crippen LogP contribution is 2.31. The third-order valence-electron chi connectivity index (χ3n) is 4.39. The Bertz CT molecular complexity index is 1100. The Morgan fingerprint density at radius 3 is 2.59 bits per heavy atom. The first-order valence-electron chi connectivity index (χ1n) is 9.00. The van der Waals surface area contributed by atoms with Crippen LogP contribution in [0.4, 0.5) is 0 Å². The van der Waals surface area contributed by atoms with Gasteiger partial charge in [0.1, 0.15) is 10.6 Å². The zero-order chi connectivity index (χ0) is 18.6. The van der Waals surface area contributed by atoms with E-state index in [4.69, 9.17) is 4.74 Å². The van der Waals surface area contributed by atoms with Gasteiger partial charge < -0.3 is 4.74 Å². The molecule has 136 valence electrons. The highest BCUT2D eigenvalue weighted by Gasteiger charge is 2.13. The summed E-state index contributed by atoms with van der Waals surface area (Å²) in [7, 11) is 0. The van der Waals surface area contributed by atoms with E-state index in [1.807, 2.05) is 60.0 Å². The number of aromatic nitrogens is 2. The lowest BCUT2D eigenvalue weighted by atomic mass is 10.1. The molecule has 0 saturated carbocycles. The lowest BCUT2D eigenvalue weighted by Crippen LogP contribution is -2.20. The van der Waals surface area contributed by atoms with Crippen LogP contribution in [0.3, 0.4) is 0 Å². The van der Waals surface area contributed by atoms with Crippen LogP contribution in [0.2, 0.25) is 0 Å². The molecule has 2 aromatic heterocycles. The van der Waals surface area contributed by atoms with Gasteiger partial charge in [-0.15, -0.1) is 11.3 Å². The lowest BCUT2D eigenvalue weighted by Gasteiger charge is -2.07. The SMILES string of the molecule is CCCOc1ccc(-c2csc3ncn(Cc4ccccc4)c(=O)c23)cc1. The number of benzene rings is 2. The summed E-state index contributed by atoms with van der Waals surface area (Å²) in [6, 6.07) is 17.9. The normalized spacial score (nSPS) is 11.0. The number of fused-ring (bicyclic) bond motifs is 1. The molecule has 4 nitrogen and oxygen atoms in total. The van der Waals surface area contributed by atoms with Crippen LogP contribution in [-0.4, -0.2) is 16.2 Å². The number of hydrogen-bond donors (Lipinski definition) is 0. The van der Waals surface area contributed by atoms with Crippen LogP contribution in [0.25, 0.3) is 21.3 Å². The van der Waals surface area contributed by atoms with Gasteiger partial charge in [0.05, 0.1) is 24.9 Å². The Labute approximate surface area is 161 Å². The van der Waals surface area contributed by atoms with Crippen LogP contribution in [0.5, 0.6) is 5.75 Å². The van der Waals surface area contributed by atoms with Crippen molar-refractivity contribution >= 4 is 21.6 Å². The van der Waals surface area contributed by atoms with Crippen LogP contribution in [-0.2, 0) is 6.54 Å². The van der Waals surface area contributed by atoms with Gasteiger partial charge in [-0.25, -0.2) is 4.98 Å². The summed E-state index contributed by atoms with van der Waals surface area (Å²) in [5.41, 5.74) is 3.00. The Balaban J connectivity index is 1.72. The highest BCUT2D eigenvalue weighted by molar-refractivity contribution is 7.17. The number of hydrogen-bond acceptors (Lipinski definition) is 4. The fourth-order valence-corrected chi connectivity index (χ4v) is 3.93. The molecule has 4 rings (SSSR count). The Kier molecular flexibility index (Phi) is 5.03. The molecule has 4 aromatic rings. The molecular formula is C22H20N2O2S. The first kappa shape index (κ1) is 17.5. The average molecular weight is 376 g/mol. The maximum Gasteiger partial charge on any atom is 0.263 e. The van der Waals surface area contributed by atoms with Crippen molar-refractivity contribution in [2.45, 2.75) is 19.9 Å². The largest absolute Gasteiger partial charge is 0.494 e. The summed E-state index contributed by atoms with van der Waals surface area (Å²) in [5.74, 6) is 0.847. The molecule has 0 amide bonds. The van der Waals surface area contributed by atoms with Crippen LogP contribution in [0.1, 0.15) is 18.9 Å². The highest BCUT2D eigenvalue weighted by atomic mass is 32.1. The Hall–Kier alpha value is -2.92. The monoisotopic (exact) mass is 376 g/mol. The third kappa shape index (κ3) is 3.64. The maximum absolute atomic E-state index is 13.1. The minimum atomic E-state index is -0.00795. The molecule has 2 aromatic carbocycles. The Morgan fingerprint density at radius 2 is 1.85 bits per heavy atom. The molecule has 5 heteroatoms. The number of nitrogens with zero attached hydrogens (tertiary/aromatic N) is 2. The van der Waals surface area contributed by atoms with Gasteiger partial charge in [0.2, 0.25) is 0 Å². The molecule has 0 atom stereocenters. The van der Waals surface area contributed by atoms with Crippen molar-refractivity contribution in [3.05, 3.63) is 82.2 Å². The maximum atomic E-state index is 13.1. The minimum absolute atomic E-state index is 0.00795. The van der Waals surface area contributed by atoms with Crippen molar-refractivity contribution in [1.29, 1.82) is 0 Å². The lowest BCUT2D eigenvalue weighted by molar-refractivity contribution is 0.317. The van der Waals surface area contributed by atoms with Gasteiger partial charge in [-0.05, 0) is 29.7 Å². The predicted octanol–water partition coefficient (Wildman–Crippen LogP) is 4.96. The minimum Gasteiger partial charge on any atom is -0.494 e. The molecule has 0 aliphatic rings. The molecule has 2 heterocycles. The van der Waals surface area contributed by atoms with E-state index in [2.05, 4.69) is 11.9 Å². The van der Waals surface area contributed by atoms with E-state index in [0.29, 0.717) is 18.5 Å². The molecular weight excluding hydrogens is 356 g/mol. The van der Waals surface area contributed by atoms with E-state index >= 15 is 0 Å². The second-order valence-corrected chi connectivity index (χ2v) is 7.22. The summed E-state index contributed by atoms with van der Waals surface area (Å²) in [4.78, 5) is 18.4. The number of thiophene rings is 1. The average Bonchev–Trinajstić information content (AvgIpc) is 3.15. The molecule has 0 N–H and O–H groups in total. The smallest absolute Gasteiger partial charge is 0.263 e.